The predicted molar refractivity (Wildman–Crippen MR) is 128 cm³/mol. The number of aryl methyl sites for hydroxylation is 1. The smallest absolute Gasteiger partial charge is 0.193 e. The number of thiocarbonyl (C=S) groups is 1. The van der Waals surface area contributed by atoms with Gasteiger partial charge in [-0.15, -0.1) is 0 Å². The van der Waals surface area contributed by atoms with E-state index in [1.165, 1.54) is 0 Å². The SMILES string of the molecule is CCCc1nc2cccc(C(=S)OC)c2n1Cc1ccc(-c2ccccc2C#N)cc1. The maximum absolute atomic E-state index is 9.40. The van der Waals surface area contributed by atoms with Crippen LogP contribution in [-0.2, 0) is 17.7 Å². The van der Waals surface area contributed by atoms with Crippen LogP contribution < -0.4 is 0 Å². The zero-order valence-corrected chi connectivity index (χ0v) is 18.4. The maximum Gasteiger partial charge on any atom is 0.193 e. The molecule has 3 aromatic carbocycles. The Labute approximate surface area is 187 Å². The lowest BCUT2D eigenvalue weighted by Gasteiger charge is -2.13. The minimum Gasteiger partial charge on any atom is -0.486 e. The predicted octanol–water partition coefficient (Wildman–Crippen LogP) is 5.90. The molecule has 5 heteroatoms. The fourth-order valence-electron chi connectivity index (χ4n) is 3.90. The highest BCUT2D eigenvalue weighted by atomic mass is 32.1. The number of aromatic nitrogens is 2. The molecule has 0 N–H and O–H groups in total. The molecule has 0 radical (unpaired) electrons. The van der Waals surface area contributed by atoms with Crippen LogP contribution in [-0.4, -0.2) is 21.7 Å². The topological polar surface area (TPSA) is 50.8 Å². The summed E-state index contributed by atoms with van der Waals surface area (Å²) in [7, 11) is 1.60. The highest BCUT2D eigenvalue weighted by molar-refractivity contribution is 7.80. The van der Waals surface area contributed by atoms with Gasteiger partial charge in [0.05, 0.1) is 35.3 Å². The van der Waals surface area contributed by atoms with Crippen molar-refractivity contribution in [3.8, 4) is 17.2 Å². The standard InChI is InChI=1S/C26H23N3OS/c1-3-7-24-28-23-11-6-10-22(26(31)30-2)25(23)29(24)17-18-12-14-19(15-13-18)21-9-5-4-8-20(21)16-27/h4-6,8-15H,3,7,17H2,1-2H3. The molecule has 0 aliphatic rings. The van der Waals surface area contributed by atoms with Gasteiger partial charge in [0.2, 0.25) is 0 Å². The van der Waals surface area contributed by atoms with Crippen LogP contribution in [0.4, 0.5) is 0 Å². The van der Waals surface area contributed by atoms with Crippen molar-refractivity contribution in [2.75, 3.05) is 7.11 Å². The first-order chi connectivity index (χ1) is 15.2. The first kappa shape index (κ1) is 20.8. The largest absolute Gasteiger partial charge is 0.486 e. The molecular formula is C26H23N3OS. The third-order valence-corrected chi connectivity index (χ3v) is 5.76. The number of fused-ring (bicyclic) bond motifs is 1. The lowest BCUT2D eigenvalue weighted by Crippen LogP contribution is -2.09. The summed E-state index contributed by atoms with van der Waals surface area (Å²) in [6.45, 7) is 2.85. The average Bonchev–Trinajstić information content (AvgIpc) is 3.16. The second-order valence-corrected chi connectivity index (χ2v) is 7.75. The number of nitrogens with zero attached hydrogens (tertiary/aromatic N) is 3. The first-order valence-corrected chi connectivity index (χ1v) is 10.7. The Kier molecular flexibility index (Phi) is 6.11. The van der Waals surface area contributed by atoms with Crippen molar-refractivity contribution < 1.29 is 4.74 Å². The van der Waals surface area contributed by atoms with Crippen LogP contribution >= 0.6 is 12.2 Å². The number of benzene rings is 3. The molecule has 1 heterocycles. The van der Waals surface area contributed by atoms with Crippen molar-refractivity contribution in [2.45, 2.75) is 26.3 Å². The average molecular weight is 426 g/mol. The van der Waals surface area contributed by atoms with Crippen LogP contribution in [0.25, 0.3) is 22.2 Å². The minimum atomic E-state index is 0.471. The van der Waals surface area contributed by atoms with Gasteiger partial charge in [-0.2, -0.15) is 5.26 Å². The molecule has 0 saturated carbocycles. The summed E-state index contributed by atoms with van der Waals surface area (Å²) in [5, 5.41) is 9.87. The fraction of sp³-hybridized carbons (Fsp3) is 0.192. The number of imidazole rings is 1. The Balaban J connectivity index is 1.75. The molecule has 0 amide bonds. The number of rotatable bonds is 6. The Morgan fingerprint density at radius 2 is 1.84 bits per heavy atom. The first-order valence-electron chi connectivity index (χ1n) is 10.3. The molecule has 154 valence electrons. The van der Waals surface area contributed by atoms with E-state index in [0.29, 0.717) is 17.2 Å². The van der Waals surface area contributed by atoms with E-state index in [1.807, 2.05) is 42.5 Å². The molecule has 0 fully saturated rings. The molecule has 0 atom stereocenters. The van der Waals surface area contributed by atoms with Crippen LogP contribution in [0.5, 0.6) is 0 Å². The van der Waals surface area contributed by atoms with Crippen molar-refractivity contribution in [1.82, 2.24) is 9.55 Å². The number of hydrogen-bond acceptors (Lipinski definition) is 4. The van der Waals surface area contributed by atoms with Gasteiger partial charge in [-0.1, -0.05) is 55.5 Å². The zero-order chi connectivity index (χ0) is 21.8. The normalized spacial score (nSPS) is 10.7. The summed E-state index contributed by atoms with van der Waals surface area (Å²) in [4.78, 5) is 4.88. The molecule has 1 aromatic heterocycles. The molecule has 0 bridgehead atoms. The molecule has 31 heavy (non-hydrogen) atoms. The molecule has 0 unspecified atom stereocenters. The van der Waals surface area contributed by atoms with Gasteiger partial charge in [0.25, 0.3) is 0 Å². The number of hydrogen-bond donors (Lipinski definition) is 0. The quantitative estimate of drug-likeness (QED) is 0.361. The van der Waals surface area contributed by atoms with Gasteiger partial charge in [-0.25, -0.2) is 4.98 Å². The third-order valence-electron chi connectivity index (χ3n) is 5.38. The van der Waals surface area contributed by atoms with E-state index in [4.69, 9.17) is 21.9 Å². The van der Waals surface area contributed by atoms with Gasteiger partial charge in [0, 0.05) is 13.0 Å². The summed E-state index contributed by atoms with van der Waals surface area (Å²) in [6.07, 6.45) is 1.90. The number of nitriles is 1. The van der Waals surface area contributed by atoms with E-state index < -0.39 is 0 Å². The van der Waals surface area contributed by atoms with E-state index >= 15 is 0 Å². The Bertz CT molecular complexity index is 1280. The van der Waals surface area contributed by atoms with Crippen molar-refractivity contribution in [2.24, 2.45) is 0 Å². The fourth-order valence-corrected chi connectivity index (χ4v) is 4.06. The van der Waals surface area contributed by atoms with E-state index in [-0.39, 0.29) is 0 Å². The van der Waals surface area contributed by atoms with Crippen LogP contribution in [0.2, 0.25) is 0 Å². The third kappa shape index (κ3) is 4.08. The number of ether oxygens (including phenoxy) is 1. The summed E-state index contributed by atoms with van der Waals surface area (Å²) in [5.41, 5.74) is 6.66. The molecule has 0 spiro atoms. The van der Waals surface area contributed by atoms with Crippen LogP contribution in [0.15, 0.2) is 66.7 Å². The number of methoxy groups -OCH3 is 1. The van der Waals surface area contributed by atoms with Gasteiger partial charge >= 0.3 is 0 Å². The summed E-state index contributed by atoms with van der Waals surface area (Å²) < 4.78 is 7.62. The van der Waals surface area contributed by atoms with Gasteiger partial charge < -0.3 is 9.30 Å². The highest BCUT2D eigenvalue weighted by Crippen LogP contribution is 2.26. The van der Waals surface area contributed by atoms with Crippen LogP contribution in [0, 0.1) is 11.3 Å². The Morgan fingerprint density at radius 3 is 2.55 bits per heavy atom. The molecule has 4 rings (SSSR count). The zero-order valence-electron chi connectivity index (χ0n) is 17.6. The van der Waals surface area contributed by atoms with Crippen molar-refractivity contribution >= 4 is 28.3 Å². The van der Waals surface area contributed by atoms with Crippen molar-refractivity contribution in [3.05, 3.63) is 89.2 Å². The Morgan fingerprint density at radius 1 is 1.06 bits per heavy atom. The molecule has 0 aliphatic carbocycles. The van der Waals surface area contributed by atoms with E-state index in [9.17, 15) is 5.26 Å². The van der Waals surface area contributed by atoms with Crippen molar-refractivity contribution in [1.29, 1.82) is 5.26 Å². The van der Waals surface area contributed by atoms with Gasteiger partial charge in [0.15, 0.2) is 5.05 Å². The lowest BCUT2D eigenvalue weighted by atomic mass is 9.99. The number of para-hydroxylation sites is 1. The monoisotopic (exact) mass is 425 g/mol. The summed E-state index contributed by atoms with van der Waals surface area (Å²) >= 11 is 5.45. The lowest BCUT2D eigenvalue weighted by molar-refractivity contribution is 0.416. The van der Waals surface area contributed by atoms with Crippen molar-refractivity contribution in [3.63, 3.8) is 0 Å². The van der Waals surface area contributed by atoms with Gasteiger partial charge in [-0.05, 0) is 53.5 Å². The van der Waals surface area contributed by atoms with E-state index in [1.54, 1.807) is 7.11 Å². The second-order valence-electron chi connectivity index (χ2n) is 7.38. The van der Waals surface area contributed by atoms with E-state index in [2.05, 4.69) is 41.8 Å². The second kappa shape index (κ2) is 9.11. The molecular weight excluding hydrogens is 402 g/mol. The molecule has 4 aromatic rings. The molecule has 0 saturated heterocycles. The summed E-state index contributed by atoms with van der Waals surface area (Å²) in [5.74, 6) is 1.04. The molecule has 4 nitrogen and oxygen atoms in total. The van der Waals surface area contributed by atoms with Crippen LogP contribution in [0.1, 0.15) is 35.9 Å². The van der Waals surface area contributed by atoms with E-state index in [0.717, 1.165) is 52.0 Å². The minimum absolute atomic E-state index is 0.471. The van der Waals surface area contributed by atoms with Gasteiger partial charge in [-0.3, -0.25) is 0 Å². The Hall–Kier alpha value is -3.49. The maximum atomic E-state index is 9.40. The van der Waals surface area contributed by atoms with Gasteiger partial charge in [0.1, 0.15) is 5.82 Å². The highest BCUT2D eigenvalue weighted by Gasteiger charge is 2.17. The van der Waals surface area contributed by atoms with Crippen LogP contribution in [0.3, 0.4) is 0 Å². The molecule has 0 aliphatic heterocycles. The summed E-state index contributed by atoms with van der Waals surface area (Å²) in [6, 6.07) is 24.3.